The van der Waals surface area contributed by atoms with Crippen molar-refractivity contribution in [2.45, 2.75) is 6.42 Å². The van der Waals surface area contributed by atoms with Crippen molar-refractivity contribution in [2.24, 2.45) is 23.7 Å². The quantitative estimate of drug-likeness (QED) is 0.149. The summed E-state index contributed by atoms with van der Waals surface area (Å²) >= 11 is 0. The number of Topliss-reactive ketones (excluding diaryl/α,β-unsaturated/α-hetero) is 1. The molecule has 3 aliphatic rings. The van der Waals surface area contributed by atoms with E-state index in [0.29, 0.717) is 0 Å². The van der Waals surface area contributed by atoms with E-state index in [-0.39, 0.29) is 46.2 Å². The number of ether oxygens (including phenoxy) is 2. The number of anilines is 1. The van der Waals surface area contributed by atoms with Gasteiger partial charge in [-0.3, -0.25) is 24.5 Å². The van der Waals surface area contributed by atoms with Crippen LogP contribution in [0.2, 0.25) is 0 Å². The molecule has 2 aliphatic carbocycles. The zero-order valence-corrected chi connectivity index (χ0v) is 18.6. The van der Waals surface area contributed by atoms with Crippen molar-refractivity contribution in [3.8, 4) is 5.75 Å². The van der Waals surface area contributed by atoms with E-state index in [1.54, 1.807) is 12.1 Å². The van der Waals surface area contributed by atoms with Crippen molar-refractivity contribution in [1.82, 2.24) is 0 Å². The molecule has 2 bridgehead atoms. The summed E-state index contributed by atoms with van der Waals surface area (Å²) < 4.78 is 10.1. The number of para-hydroxylation sites is 1. The Morgan fingerprint density at radius 1 is 1.06 bits per heavy atom. The van der Waals surface area contributed by atoms with Crippen molar-refractivity contribution >= 4 is 34.9 Å². The van der Waals surface area contributed by atoms with E-state index in [0.717, 1.165) is 17.4 Å². The average molecular weight is 476 g/mol. The molecule has 4 atom stereocenters. The van der Waals surface area contributed by atoms with Gasteiger partial charge in [-0.25, -0.2) is 9.69 Å². The highest BCUT2D eigenvalue weighted by molar-refractivity contribution is 6.24. The Kier molecular flexibility index (Phi) is 5.43. The molecule has 1 heterocycles. The molecule has 0 spiro atoms. The van der Waals surface area contributed by atoms with E-state index in [9.17, 15) is 29.3 Å². The largest absolute Gasteiger partial charge is 0.490 e. The summed E-state index contributed by atoms with van der Waals surface area (Å²) in [5, 5.41) is 11.2. The molecule has 2 fully saturated rings. The molecule has 35 heavy (non-hydrogen) atoms. The summed E-state index contributed by atoms with van der Waals surface area (Å²) in [6, 6.07) is 9.75. The number of carbonyl (C=O) groups is 4. The second-order valence-electron chi connectivity index (χ2n) is 8.67. The third-order valence-corrected chi connectivity index (χ3v) is 6.87. The van der Waals surface area contributed by atoms with Gasteiger partial charge in [-0.2, -0.15) is 0 Å². The van der Waals surface area contributed by atoms with Gasteiger partial charge in [0.05, 0.1) is 35.1 Å². The molecule has 0 N–H and O–H groups in total. The number of benzene rings is 2. The number of nitrogens with zero attached hydrogens (tertiary/aromatic N) is 2. The zero-order valence-electron chi connectivity index (χ0n) is 18.6. The van der Waals surface area contributed by atoms with Crippen molar-refractivity contribution in [1.29, 1.82) is 0 Å². The van der Waals surface area contributed by atoms with Crippen molar-refractivity contribution in [3.63, 3.8) is 0 Å². The van der Waals surface area contributed by atoms with Crippen LogP contribution in [-0.2, 0) is 14.3 Å². The van der Waals surface area contributed by atoms with Gasteiger partial charge < -0.3 is 9.47 Å². The van der Waals surface area contributed by atoms with Crippen molar-refractivity contribution in [3.05, 3.63) is 75.9 Å². The number of ketones is 1. The summed E-state index contributed by atoms with van der Waals surface area (Å²) in [5.41, 5.74) is -0.328. The minimum atomic E-state index is -0.893. The van der Waals surface area contributed by atoms with E-state index in [2.05, 4.69) is 0 Å². The fraction of sp³-hybridized carbons (Fsp3) is 0.280. The number of amides is 2. The molecule has 178 valence electrons. The Balaban J connectivity index is 1.34. The highest BCUT2D eigenvalue weighted by atomic mass is 16.6. The van der Waals surface area contributed by atoms with Crippen LogP contribution in [-0.4, -0.2) is 42.2 Å². The maximum Gasteiger partial charge on any atom is 0.340 e. The van der Waals surface area contributed by atoms with Gasteiger partial charge in [0.25, 0.3) is 0 Å². The van der Waals surface area contributed by atoms with E-state index in [4.69, 9.17) is 9.47 Å². The van der Waals surface area contributed by atoms with Crippen LogP contribution in [0.3, 0.4) is 0 Å². The molecule has 2 amide bonds. The monoisotopic (exact) mass is 476 g/mol. The lowest BCUT2D eigenvalue weighted by molar-refractivity contribution is -0.385. The maximum absolute atomic E-state index is 13.2. The minimum absolute atomic E-state index is 0.00850. The molecule has 5 rings (SSSR count). The number of esters is 1. The lowest BCUT2D eigenvalue weighted by atomic mass is 9.85. The fourth-order valence-corrected chi connectivity index (χ4v) is 5.28. The highest BCUT2D eigenvalue weighted by Crippen LogP contribution is 2.53. The van der Waals surface area contributed by atoms with Gasteiger partial charge in [-0.05, 0) is 42.5 Å². The fourth-order valence-electron chi connectivity index (χ4n) is 5.28. The van der Waals surface area contributed by atoms with Crippen LogP contribution in [0.5, 0.6) is 5.75 Å². The second-order valence-corrected chi connectivity index (χ2v) is 8.67. The average Bonchev–Trinajstić information content (AvgIpc) is 3.55. The van der Waals surface area contributed by atoms with Crippen LogP contribution >= 0.6 is 0 Å². The lowest BCUT2D eigenvalue weighted by Crippen LogP contribution is -2.34. The molecule has 0 aromatic heterocycles. The van der Waals surface area contributed by atoms with Gasteiger partial charge in [0.1, 0.15) is 0 Å². The number of nitro benzene ring substituents is 1. The molecule has 2 aromatic rings. The maximum atomic E-state index is 13.2. The Morgan fingerprint density at radius 2 is 1.71 bits per heavy atom. The van der Waals surface area contributed by atoms with Gasteiger partial charge in [-0.1, -0.05) is 24.3 Å². The smallest absolute Gasteiger partial charge is 0.340 e. The number of allylic oxidation sites excluding steroid dienone is 2. The predicted molar refractivity (Wildman–Crippen MR) is 121 cm³/mol. The molecule has 1 saturated carbocycles. The summed E-state index contributed by atoms with van der Waals surface area (Å²) in [7, 11) is 1.27. The van der Waals surface area contributed by atoms with Crippen LogP contribution < -0.4 is 9.64 Å². The van der Waals surface area contributed by atoms with Crippen LogP contribution in [0.25, 0.3) is 0 Å². The lowest BCUT2D eigenvalue weighted by Gasteiger charge is -2.19. The summed E-state index contributed by atoms with van der Waals surface area (Å²) in [6.07, 6.45) is 4.75. The predicted octanol–water partition coefficient (Wildman–Crippen LogP) is 2.95. The minimum Gasteiger partial charge on any atom is -0.490 e. The number of hydrogen-bond acceptors (Lipinski definition) is 8. The van der Waals surface area contributed by atoms with Gasteiger partial charge in [-0.15, -0.1) is 0 Å². The number of imide groups is 1. The molecule has 1 saturated heterocycles. The highest BCUT2D eigenvalue weighted by Gasteiger charge is 2.59. The zero-order chi connectivity index (χ0) is 24.9. The topological polar surface area (TPSA) is 133 Å². The Labute approximate surface area is 199 Å². The first kappa shape index (κ1) is 22.5. The standard InChI is InChI=1S/C25H20N2O8/c1-34-20-9-8-13(11-18(20)27(32)33)19(28)12-35-25(31)16-4-2-3-5-17(16)26-23(29)21-14-6-7-15(10-14)22(21)24(26)30/h2-9,11,14-15,21-22H,10,12H2,1H3/t14-,15+,21+,22-. The molecule has 10 heteroatoms. The number of rotatable bonds is 7. The summed E-state index contributed by atoms with van der Waals surface area (Å²) in [4.78, 5) is 63.3. The van der Waals surface area contributed by atoms with Gasteiger partial charge in [0.15, 0.2) is 12.4 Å². The first-order chi connectivity index (χ1) is 16.8. The number of carbonyl (C=O) groups excluding carboxylic acids is 4. The van der Waals surface area contributed by atoms with E-state index < -0.39 is 40.8 Å². The third kappa shape index (κ3) is 3.58. The second kappa shape index (κ2) is 8.46. The van der Waals surface area contributed by atoms with Crippen LogP contribution in [0, 0.1) is 33.8 Å². The number of hydrogen-bond donors (Lipinski definition) is 0. The Morgan fingerprint density at radius 3 is 2.34 bits per heavy atom. The molecule has 0 unspecified atom stereocenters. The molecule has 10 nitrogen and oxygen atoms in total. The number of methoxy groups -OCH3 is 1. The summed E-state index contributed by atoms with van der Waals surface area (Å²) in [6.45, 7) is -0.683. The summed E-state index contributed by atoms with van der Waals surface area (Å²) in [5.74, 6) is -3.03. The van der Waals surface area contributed by atoms with Gasteiger partial charge >= 0.3 is 11.7 Å². The van der Waals surface area contributed by atoms with E-state index in [1.807, 2.05) is 12.2 Å². The van der Waals surface area contributed by atoms with E-state index >= 15 is 0 Å². The Hall–Kier alpha value is -4.34. The number of nitro groups is 1. The SMILES string of the molecule is COc1ccc(C(=O)COC(=O)c2ccccc2N2C(=O)[C@@H]3[C@H](C2=O)[C@H]2C=C[C@@H]3C2)cc1[N+](=O)[O-]. The van der Waals surface area contributed by atoms with Gasteiger partial charge in [0.2, 0.25) is 17.6 Å². The number of fused-ring (bicyclic) bond motifs is 5. The molecule has 0 radical (unpaired) electrons. The third-order valence-electron chi connectivity index (χ3n) is 6.87. The first-order valence-electron chi connectivity index (χ1n) is 11.0. The molecule has 1 aliphatic heterocycles. The van der Waals surface area contributed by atoms with Crippen molar-refractivity contribution in [2.75, 3.05) is 18.6 Å². The molecule has 2 aromatic carbocycles. The van der Waals surface area contributed by atoms with Gasteiger partial charge in [0, 0.05) is 11.6 Å². The normalized spacial score (nSPS) is 24.0. The van der Waals surface area contributed by atoms with Crippen molar-refractivity contribution < 1.29 is 33.6 Å². The Bertz CT molecular complexity index is 1290. The van der Waals surface area contributed by atoms with Crippen LogP contribution in [0.15, 0.2) is 54.6 Å². The van der Waals surface area contributed by atoms with Crippen LogP contribution in [0.4, 0.5) is 11.4 Å². The first-order valence-corrected chi connectivity index (χ1v) is 11.0. The molecular formula is C25H20N2O8. The van der Waals surface area contributed by atoms with Crippen LogP contribution in [0.1, 0.15) is 27.1 Å². The molecular weight excluding hydrogens is 456 g/mol. The van der Waals surface area contributed by atoms with E-state index in [1.165, 1.54) is 31.4 Å².